The Balaban J connectivity index is 1.54. The third-order valence-electron chi connectivity index (χ3n) is 5.68. The first kappa shape index (κ1) is 21.2. The van der Waals surface area contributed by atoms with E-state index in [0.29, 0.717) is 30.7 Å². The second kappa shape index (κ2) is 10.3. The average Bonchev–Trinajstić information content (AvgIpc) is 2.82. The van der Waals surface area contributed by atoms with E-state index in [-0.39, 0.29) is 11.7 Å². The predicted molar refractivity (Wildman–Crippen MR) is 122 cm³/mol. The number of morpholine rings is 1. The summed E-state index contributed by atoms with van der Waals surface area (Å²) in [6.45, 7) is 4.60. The summed E-state index contributed by atoms with van der Waals surface area (Å²) < 4.78 is 5.39. The molecule has 4 rings (SSSR count). The number of rotatable bonds is 5. The molecule has 0 aliphatic carbocycles. The van der Waals surface area contributed by atoms with Gasteiger partial charge in [-0.05, 0) is 23.3 Å². The molecule has 1 amide bonds. The van der Waals surface area contributed by atoms with Gasteiger partial charge in [0.25, 0.3) is 0 Å². The van der Waals surface area contributed by atoms with E-state index >= 15 is 0 Å². The van der Waals surface area contributed by atoms with Gasteiger partial charge in [0.05, 0.1) is 13.2 Å². The van der Waals surface area contributed by atoms with Crippen LogP contribution in [0, 0.1) is 0 Å². The van der Waals surface area contributed by atoms with Gasteiger partial charge in [-0.3, -0.25) is 14.5 Å². The minimum Gasteiger partial charge on any atom is -0.379 e. The molecule has 0 bridgehead atoms. The highest BCUT2D eigenvalue weighted by Gasteiger charge is 2.29. The Morgan fingerprint density at radius 1 is 0.839 bits per heavy atom. The van der Waals surface area contributed by atoms with Crippen molar-refractivity contribution in [3.05, 3.63) is 82.9 Å². The van der Waals surface area contributed by atoms with E-state index in [9.17, 15) is 9.59 Å². The monoisotopic (exact) mass is 416 g/mol. The first-order valence-corrected chi connectivity index (χ1v) is 10.8. The number of ether oxygens (including phenoxy) is 1. The number of carbonyl (C=O) groups is 2. The first-order chi connectivity index (χ1) is 15.2. The summed E-state index contributed by atoms with van der Waals surface area (Å²) in [6.07, 6.45) is 4.26. The zero-order valence-corrected chi connectivity index (χ0v) is 17.7. The fourth-order valence-electron chi connectivity index (χ4n) is 3.95. The van der Waals surface area contributed by atoms with Gasteiger partial charge in [-0.2, -0.15) is 0 Å². The van der Waals surface area contributed by atoms with Crippen LogP contribution in [0.15, 0.2) is 71.8 Å². The fraction of sp³-hybridized carbons (Fsp3) is 0.308. The zero-order chi connectivity index (χ0) is 21.5. The van der Waals surface area contributed by atoms with Crippen molar-refractivity contribution in [3.8, 4) is 0 Å². The van der Waals surface area contributed by atoms with E-state index in [0.717, 1.165) is 44.0 Å². The van der Waals surface area contributed by atoms with Gasteiger partial charge in [-0.1, -0.05) is 60.7 Å². The number of carbonyl (C=O) groups excluding carboxylic acids is 2. The molecule has 0 aromatic heterocycles. The first-order valence-electron chi connectivity index (χ1n) is 10.8. The minimum absolute atomic E-state index is 0.0185. The molecule has 2 saturated heterocycles. The molecule has 2 aliphatic rings. The second-order valence-electron chi connectivity index (χ2n) is 7.94. The van der Waals surface area contributed by atoms with Crippen molar-refractivity contribution in [3.63, 3.8) is 0 Å². The van der Waals surface area contributed by atoms with E-state index in [2.05, 4.69) is 4.90 Å². The average molecular weight is 417 g/mol. The molecule has 5 heteroatoms. The van der Waals surface area contributed by atoms with Crippen LogP contribution in [-0.4, -0.2) is 67.4 Å². The molecule has 31 heavy (non-hydrogen) atoms. The number of piperidine rings is 1. The number of hydrogen-bond acceptors (Lipinski definition) is 4. The third-order valence-corrected chi connectivity index (χ3v) is 5.68. The van der Waals surface area contributed by atoms with Crippen molar-refractivity contribution in [1.82, 2.24) is 9.80 Å². The van der Waals surface area contributed by atoms with Crippen molar-refractivity contribution < 1.29 is 14.3 Å². The number of likely N-dealkylation sites (tertiary alicyclic amines) is 1. The molecule has 0 unspecified atom stereocenters. The summed E-state index contributed by atoms with van der Waals surface area (Å²) in [7, 11) is 0. The summed E-state index contributed by atoms with van der Waals surface area (Å²) in [5.41, 5.74) is 3.23. The Hall–Kier alpha value is -3.02. The van der Waals surface area contributed by atoms with E-state index in [1.807, 2.05) is 77.7 Å². The van der Waals surface area contributed by atoms with Gasteiger partial charge >= 0.3 is 0 Å². The predicted octanol–water partition coefficient (Wildman–Crippen LogP) is 3.29. The SMILES string of the molecule is O=C1/C(=C\c2ccccc2)CN(C(=O)CCN2CCOCC2)C/C1=C\c1ccccc1. The second-order valence-corrected chi connectivity index (χ2v) is 7.94. The van der Waals surface area contributed by atoms with Crippen LogP contribution in [-0.2, 0) is 14.3 Å². The van der Waals surface area contributed by atoms with E-state index in [4.69, 9.17) is 4.74 Å². The Morgan fingerprint density at radius 2 is 1.35 bits per heavy atom. The van der Waals surface area contributed by atoms with E-state index in [1.54, 1.807) is 0 Å². The lowest BCUT2D eigenvalue weighted by atomic mass is 9.94. The van der Waals surface area contributed by atoms with Crippen molar-refractivity contribution in [1.29, 1.82) is 0 Å². The van der Waals surface area contributed by atoms with Crippen molar-refractivity contribution in [2.75, 3.05) is 45.9 Å². The van der Waals surface area contributed by atoms with E-state index < -0.39 is 0 Å². The summed E-state index contributed by atoms with van der Waals surface area (Å²) in [5.74, 6) is 0.0989. The van der Waals surface area contributed by atoms with Crippen molar-refractivity contribution in [2.45, 2.75) is 6.42 Å². The molecule has 2 fully saturated rings. The number of Topliss-reactive ketones (excluding diaryl/α,β-unsaturated/α-hetero) is 1. The van der Waals surface area contributed by atoms with Crippen LogP contribution in [0.3, 0.4) is 0 Å². The largest absolute Gasteiger partial charge is 0.379 e. The Labute approximate surface area is 183 Å². The highest BCUT2D eigenvalue weighted by molar-refractivity contribution is 6.15. The minimum atomic E-state index is 0.0185. The topological polar surface area (TPSA) is 49.9 Å². The van der Waals surface area contributed by atoms with Crippen LogP contribution < -0.4 is 0 Å². The maximum absolute atomic E-state index is 13.2. The van der Waals surface area contributed by atoms with Crippen LogP contribution in [0.25, 0.3) is 12.2 Å². The molecule has 0 spiro atoms. The maximum Gasteiger partial charge on any atom is 0.224 e. The summed E-state index contributed by atoms with van der Waals surface area (Å²) in [5, 5.41) is 0. The smallest absolute Gasteiger partial charge is 0.224 e. The molecule has 2 aromatic carbocycles. The normalized spacial score (nSPS) is 20.4. The Morgan fingerprint density at radius 3 is 1.87 bits per heavy atom. The highest BCUT2D eigenvalue weighted by Crippen LogP contribution is 2.23. The molecule has 5 nitrogen and oxygen atoms in total. The van der Waals surface area contributed by atoms with Crippen LogP contribution in [0.4, 0.5) is 0 Å². The summed E-state index contributed by atoms with van der Waals surface area (Å²) in [6, 6.07) is 19.6. The van der Waals surface area contributed by atoms with Crippen LogP contribution in [0.1, 0.15) is 17.5 Å². The molecule has 2 aliphatic heterocycles. The van der Waals surface area contributed by atoms with Gasteiger partial charge in [0.2, 0.25) is 5.91 Å². The number of amides is 1. The molecule has 2 aromatic rings. The quantitative estimate of drug-likeness (QED) is 0.702. The molecule has 0 atom stereocenters. The summed E-state index contributed by atoms with van der Waals surface area (Å²) >= 11 is 0. The lowest BCUT2D eigenvalue weighted by Gasteiger charge is -2.31. The lowest BCUT2D eigenvalue weighted by molar-refractivity contribution is -0.131. The zero-order valence-electron chi connectivity index (χ0n) is 17.7. The van der Waals surface area contributed by atoms with Gasteiger partial charge in [0.1, 0.15) is 0 Å². The van der Waals surface area contributed by atoms with Gasteiger partial charge in [-0.25, -0.2) is 0 Å². The summed E-state index contributed by atoms with van der Waals surface area (Å²) in [4.78, 5) is 30.3. The Kier molecular flexibility index (Phi) is 7.07. The molecule has 2 heterocycles. The number of hydrogen-bond donors (Lipinski definition) is 0. The van der Waals surface area contributed by atoms with Gasteiger partial charge in [0, 0.05) is 50.3 Å². The Bertz CT molecular complexity index is 899. The number of benzene rings is 2. The van der Waals surface area contributed by atoms with Gasteiger partial charge in [0.15, 0.2) is 5.78 Å². The molecule has 0 saturated carbocycles. The molecule has 0 radical (unpaired) electrons. The van der Waals surface area contributed by atoms with Crippen molar-refractivity contribution in [2.24, 2.45) is 0 Å². The molecule has 0 N–H and O–H groups in total. The van der Waals surface area contributed by atoms with Gasteiger partial charge in [-0.15, -0.1) is 0 Å². The van der Waals surface area contributed by atoms with Gasteiger partial charge < -0.3 is 9.64 Å². The lowest BCUT2D eigenvalue weighted by Crippen LogP contribution is -2.44. The molecule has 160 valence electrons. The standard InChI is InChI=1S/C26H28N2O3/c29-25(11-12-27-13-15-31-16-14-27)28-19-23(17-21-7-3-1-4-8-21)26(30)24(20-28)18-22-9-5-2-6-10-22/h1-10,17-18H,11-16,19-20H2/b23-17-,24-18+. The maximum atomic E-state index is 13.2. The number of nitrogens with zero attached hydrogens (tertiary/aromatic N) is 2. The fourth-order valence-corrected chi connectivity index (χ4v) is 3.95. The van der Waals surface area contributed by atoms with Crippen LogP contribution in [0.5, 0.6) is 0 Å². The third kappa shape index (κ3) is 5.78. The number of ketones is 1. The van der Waals surface area contributed by atoms with Crippen LogP contribution >= 0.6 is 0 Å². The van der Waals surface area contributed by atoms with Crippen molar-refractivity contribution >= 4 is 23.8 Å². The highest BCUT2D eigenvalue weighted by atomic mass is 16.5. The van der Waals surface area contributed by atoms with E-state index in [1.165, 1.54) is 0 Å². The molecular formula is C26H28N2O3. The van der Waals surface area contributed by atoms with Crippen LogP contribution in [0.2, 0.25) is 0 Å². The molecular weight excluding hydrogens is 388 g/mol.